The number of carbonyl (C=O) groups excluding carboxylic acids is 2. The van der Waals surface area contributed by atoms with E-state index >= 15 is 0 Å². The molecule has 0 aliphatic carbocycles. The molecule has 3 aromatic carbocycles. The number of nitrogens with zero attached hydrogens (tertiary/aromatic N) is 2. The van der Waals surface area contributed by atoms with E-state index in [1.165, 1.54) is 31.3 Å². The van der Waals surface area contributed by atoms with Gasteiger partial charge in [0.15, 0.2) is 0 Å². The Morgan fingerprint density at radius 3 is 2.12 bits per heavy atom. The minimum Gasteiger partial charge on any atom is -0.497 e. The predicted molar refractivity (Wildman–Crippen MR) is 160 cm³/mol. The highest BCUT2D eigenvalue weighted by molar-refractivity contribution is 7.92. The maximum atomic E-state index is 14.1. The summed E-state index contributed by atoms with van der Waals surface area (Å²) >= 11 is 0. The zero-order chi connectivity index (χ0) is 30.2. The minimum absolute atomic E-state index is 0.0235. The molecule has 1 N–H and O–H groups in total. The van der Waals surface area contributed by atoms with Gasteiger partial charge in [0.25, 0.3) is 10.0 Å². The molecule has 10 heteroatoms. The molecule has 0 aliphatic rings. The number of aryl methyl sites for hydroxylation is 1. The standard InChI is InChI=1S/C31H39N3O6S/c1-7-23(3)32-31(36)24(4)33(20-25-14-12-22(2)13-15-25)30(35)21-34(28-10-8-9-11-29(28)40-6)41(37,38)27-18-16-26(39-5)17-19-27/h8-19,23-24H,7,20-21H2,1-6H3,(H,32,36)/t23-,24-/m1/s1. The first-order valence-corrected chi connectivity index (χ1v) is 14.9. The smallest absolute Gasteiger partial charge is 0.264 e. The summed E-state index contributed by atoms with van der Waals surface area (Å²) in [4.78, 5) is 28.6. The van der Waals surface area contributed by atoms with E-state index in [1.807, 2.05) is 45.0 Å². The average molecular weight is 582 g/mol. The summed E-state index contributed by atoms with van der Waals surface area (Å²) in [6.45, 7) is 7.03. The first-order valence-electron chi connectivity index (χ1n) is 13.5. The van der Waals surface area contributed by atoms with Gasteiger partial charge in [-0.2, -0.15) is 0 Å². The predicted octanol–water partition coefficient (Wildman–Crippen LogP) is 4.54. The van der Waals surface area contributed by atoms with Crippen LogP contribution in [0.2, 0.25) is 0 Å². The Morgan fingerprint density at radius 2 is 1.54 bits per heavy atom. The number of nitrogens with one attached hydrogen (secondary N) is 1. The van der Waals surface area contributed by atoms with Gasteiger partial charge in [0.1, 0.15) is 24.1 Å². The second-order valence-corrected chi connectivity index (χ2v) is 11.7. The van der Waals surface area contributed by atoms with Crippen LogP contribution in [0.4, 0.5) is 5.69 Å². The highest BCUT2D eigenvalue weighted by Gasteiger charge is 2.34. The monoisotopic (exact) mass is 581 g/mol. The number of benzene rings is 3. The van der Waals surface area contributed by atoms with Crippen LogP contribution in [-0.2, 0) is 26.2 Å². The van der Waals surface area contributed by atoms with Gasteiger partial charge in [-0.15, -0.1) is 0 Å². The van der Waals surface area contributed by atoms with Crippen molar-refractivity contribution in [1.29, 1.82) is 0 Å². The zero-order valence-corrected chi connectivity index (χ0v) is 25.3. The second kappa shape index (κ2) is 14.0. The summed E-state index contributed by atoms with van der Waals surface area (Å²) in [6.07, 6.45) is 0.728. The van der Waals surface area contributed by atoms with E-state index in [9.17, 15) is 18.0 Å². The van der Waals surface area contributed by atoms with Gasteiger partial charge < -0.3 is 19.7 Å². The van der Waals surface area contributed by atoms with Crippen LogP contribution in [0.25, 0.3) is 0 Å². The molecule has 0 unspecified atom stereocenters. The number of methoxy groups -OCH3 is 2. The van der Waals surface area contributed by atoms with Crippen LogP contribution in [0, 0.1) is 6.92 Å². The van der Waals surface area contributed by atoms with Crippen molar-refractivity contribution < 1.29 is 27.5 Å². The van der Waals surface area contributed by atoms with E-state index in [0.717, 1.165) is 21.9 Å². The van der Waals surface area contributed by atoms with Crippen LogP contribution < -0.4 is 19.1 Å². The molecule has 0 bridgehead atoms. The van der Waals surface area contributed by atoms with Crippen LogP contribution in [0.5, 0.6) is 11.5 Å². The lowest BCUT2D eigenvalue weighted by molar-refractivity contribution is -0.139. The van der Waals surface area contributed by atoms with Crippen molar-refractivity contribution in [3.05, 3.63) is 83.9 Å². The third-order valence-electron chi connectivity index (χ3n) is 6.92. The number of para-hydroxylation sites is 2. The third-order valence-corrected chi connectivity index (χ3v) is 8.70. The highest BCUT2D eigenvalue weighted by atomic mass is 32.2. The van der Waals surface area contributed by atoms with Crippen molar-refractivity contribution in [2.75, 3.05) is 25.1 Å². The Balaban J connectivity index is 2.06. The van der Waals surface area contributed by atoms with Crippen molar-refractivity contribution in [3.63, 3.8) is 0 Å². The first kappa shape index (κ1) is 31.5. The van der Waals surface area contributed by atoms with Gasteiger partial charge in [0.2, 0.25) is 11.8 Å². The van der Waals surface area contributed by atoms with Crippen LogP contribution in [0.15, 0.2) is 77.7 Å². The number of anilines is 1. The van der Waals surface area contributed by atoms with Crippen molar-refractivity contribution in [2.24, 2.45) is 0 Å². The number of ether oxygens (including phenoxy) is 2. The summed E-state index contributed by atoms with van der Waals surface area (Å²) in [5, 5.41) is 2.93. The quantitative estimate of drug-likeness (QED) is 0.318. The number of rotatable bonds is 13. The summed E-state index contributed by atoms with van der Waals surface area (Å²) in [5.41, 5.74) is 2.07. The van der Waals surface area contributed by atoms with Gasteiger partial charge in [-0.05, 0) is 69.2 Å². The number of hydrogen-bond donors (Lipinski definition) is 1. The van der Waals surface area contributed by atoms with Crippen molar-refractivity contribution in [1.82, 2.24) is 10.2 Å². The number of amides is 2. The van der Waals surface area contributed by atoms with Crippen molar-refractivity contribution in [3.8, 4) is 11.5 Å². The Bertz CT molecular complexity index is 1420. The SMILES string of the molecule is CC[C@@H](C)NC(=O)[C@@H](C)N(Cc1ccc(C)cc1)C(=O)CN(c1ccccc1OC)S(=O)(=O)c1ccc(OC)cc1. The molecule has 3 aromatic rings. The van der Waals surface area contributed by atoms with Crippen LogP contribution >= 0.6 is 0 Å². The normalized spacial score (nSPS) is 12.6. The highest BCUT2D eigenvalue weighted by Crippen LogP contribution is 2.33. The molecule has 0 radical (unpaired) electrons. The van der Waals surface area contributed by atoms with Gasteiger partial charge in [0, 0.05) is 12.6 Å². The van der Waals surface area contributed by atoms with E-state index < -0.39 is 28.5 Å². The lowest BCUT2D eigenvalue weighted by atomic mass is 10.1. The van der Waals surface area contributed by atoms with Gasteiger partial charge in [-0.1, -0.05) is 48.9 Å². The summed E-state index contributed by atoms with van der Waals surface area (Å²) in [5.74, 6) is -0.0821. The molecule has 0 aromatic heterocycles. The van der Waals surface area contributed by atoms with Crippen LogP contribution in [0.3, 0.4) is 0 Å². The maximum Gasteiger partial charge on any atom is 0.264 e. The summed E-state index contributed by atoms with van der Waals surface area (Å²) in [7, 11) is -1.31. The van der Waals surface area contributed by atoms with Crippen LogP contribution in [-0.4, -0.2) is 58.0 Å². The number of sulfonamides is 1. The van der Waals surface area contributed by atoms with E-state index in [0.29, 0.717) is 5.75 Å². The maximum absolute atomic E-state index is 14.1. The molecule has 0 spiro atoms. The molecule has 0 saturated heterocycles. The molecule has 9 nitrogen and oxygen atoms in total. The minimum atomic E-state index is -4.24. The molecule has 2 amide bonds. The van der Waals surface area contributed by atoms with Crippen molar-refractivity contribution in [2.45, 2.75) is 57.6 Å². The van der Waals surface area contributed by atoms with Crippen molar-refractivity contribution >= 4 is 27.5 Å². The molecule has 2 atom stereocenters. The van der Waals surface area contributed by atoms with E-state index in [-0.39, 0.29) is 34.8 Å². The van der Waals surface area contributed by atoms with E-state index in [4.69, 9.17) is 9.47 Å². The number of hydrogen-bond acceptors (Lipinski definition) is 6. The molecule has 3 rings (SSSR count). The summed E-state index contributed by atoms with van der Waals surface area (Å²) < 4.78 is 39.7. The number of carbonyl (C=O) groups is 2. The van der Waals surface area contributed by atoms with Gasteiger partial charge in [-0.25, -0.2) is 8.42 Å². The molecule has 0 aliphatic heterocycles. The van der Waals surface area contributed by atoms with E-state index in [1.54, 1.807) is 43.3 Å². The Hall–Kier alpha value is -4.05. The lowest BCUT2D eigenvalue weighted by Crippen LogP contribution is -2.52. The second-order valence-electron chi connectivity index (χ2n) is 9.86. The zero-order valence-electron chi connectivity index (χ0n) is 24.5. The molecule has 41 heavy (non-hydrogen) atoms. The average Bonchev–Trinajstić information content (AvgIpc) is 2.98. The Labute approximate surface area is 243 Å². The fourth-order valence-electron chi connectivity index (χ4n) is 4.16. The largest absolute Gasteiger partial charge is 0.497 e. The van der Waals surface area contributed by atoms with Gasteiger partial charge in [0.05, 0.1) is 24.8 Å². The fourth-order valence-corrected chi connectivity index (χ4v) is 5.59. The third kappa shape index (κ3) is 7.79. The van der Waals surface area contributed by atoms with Gasteiger partial charge >= 0.3 is 0 Å². The van der Waals surface area contributed by atoms with E-state index in [2.05, 4.69) is 5.32 Å². The summed E-state index contributed by atoms with van der Waals surface area (Å²) in [6, 6.07) is 19.2. The van der Waals surface area contributed by atoms with Gasteiger partial charge in [-0.3, -0.25) is 13.9 Å². The lowest BCUT2D eigenvalue weighted by Gasteiger charge is -2.32. The Kier molecular flexibility index (Phi) is 10.8. The molecule has 0 heterocycles. The molecule has 0 fully saturated rings. The first-order chi connectivity index (χ1) is 19.5. The van der Waals surface area contributed by atoms with Crippen LogP contribution in [0.1, 0.15) is 38.3 Å². The molecular formula is C31H39N3O6S. The fraction of sp³-hybridized carbons (Fsp3) is 0.355. The molecule has 220 valence electrons. The molecular weight excluding hydrogens is 542 g/mol. The Morgan fingerprint density at radius 1 is 0.902 bits per heavy atom. The topological polar surface area (TPSA) is 105 Å². The molecule has 0 saturated carbocycles.